The number of hydrogen-bond donors (Lipinski definition) is 1. The van der Waals surface area contributed by atoms with E-state index in [9.17, 15) is 4.79 Å². The van der Waals surface area contributed by atoms with Crippen LogP contribution in [0, 0.1) is 0 Å². The normalized spacial score (nSPS) is 23.0. The SMILES string of the molecule is CN(C(=O)COC1(C)CNC1)C1CCCc2ccccc21. The number of fused-ring (bicyclic) bond motifs is 1. The van der Waals surface area contributed by atoms with E-state index in [1.165, 1.54) is 11.1 Å². The Balaban J connectivity index is 1.65. The number of carbonyl (C=O) groups excluding carboxylic acids is 1. The summed E-state index contributed by atoms with van der Waals surface area (Å²) >= 11 is 0. The summed E-state index contributed by atoms with van der Waals surface area (Å²) in [5.41, 5.74) is 2.52. The van der Waals surface area contributed by atoms with Crippen molar-refractivity contribution in [2.75, 3.05) is 26.7 Å². The molecule has 3 rings (SSSR count). The number of likely N-dealkylation sites (N-methyl/N-ethyl adjacent to an activating group) is 1. The highest BCUT2D eigenvalue weighted by Crippen LogP contribution is 2.33. The van der Waals surface area contributed by atoms with Crippen LogP contribution in [0.3, 0.4) is 0 Å². The van der Waals surface area contributed by atoms with Gasteiger partial charge in [0.1, 0.15) is 6.61 Å². The van der Waals surface area contributed by atoms with Crippen LogP contribution in [0.15, 0.2) is 24.3 Å². The number of nitrogens with one attached hydrogen (secondary N) is 1. The highest BCUT2D eigenvalue weighted by atomic mass is 16.5. The molecule has 4 heteroatoms. The molecule has 1 N–H and O–H groups in total. The van der Waals surface area contributed by atoms with E-state index in [4.69, 9.17) is 4.74 Å². The number of rotatable bonds is 4. The number of amides is 1. The van der Waals surface area contributed by atoms with Crippen LogP contribution >= 0.6 is 0 Å². The van der Waals surface area contributed by atoms with E-state index in [1.54, 1.807) is 0 Å². The number of ether oxygens (including phenoxy) is 1. The predicted octanol–water partition coefficient (Wildman–Crippen LogP) is 1.90. The maximum atomic E-state index is 12.4. The Bertz CT molecular complexity index is 525. The average molecular weight is 288 g/mol. The Morgan fingerprint density at radius 2 is 2.19 bits per heavy atom. The molecular formula is C17H24N2O2. The fourth-order valence-corrected chi connectivity index (χ4v) is 3.22. The Kier molecular flexibility index (Phi) is 4.00. The second kappa shape index (κ2) is 5.78. The van der Waals surface area contributed by atoms with Gasteiger partial charge in [0.05, 0.1) is 11.6 Å². The molecule has 0 spiro atoms. The lowest BCUT2D eigenvalue weighted by molar-refractivity contribution is -0.147. The molecular weight excluding hydrogens is 264 g/mol. The Labute approximate surface area is 126 Å². The predicted molar refractivity (Wildman–Crippen MR) is 82.1 cm³/mol. The molecule has 1 unspecified atom stereocenters. The summed E-state index contributed by atoms with van der Waals surface area (Å²) in [5.74, 6) is 0.0739. The van der Waals surface area contributed by atoms with Gasteiger partial charge >= 0.3 is 0 Å². The molecule has 2 aliphatic rings. The lowest BCUT2D eigenvalue weighted by Gasteiger charge is -2.40. The lowest BCUT2D eigenvalue weighted by Crippen LogP contribution is -2.59. The van der Waals surface area contributed by atoms with Gasteiger partial charge in [-0.25, -0.2) is 0 Å². The first-order valence-electron chi connectivity index (χ1n) is 7.77. The summed E-state index contributed by atoms with van der Waals surface area (Å²) in [6, 6.07) is 8.67. The van der Waals surface area contributed by atoms with Crippen LogP contribution in [0.2, 0.25) is 0 Å². The number of aryl methyl sites for hydroxylation is 1. The standard InChI is InChI=1S/C17H24N2O2/c1-17(11-18-12-17)21-10-16(20)19(2)15-9-5-7-13-6-3-4-8-14(13)15/h3-4,6,8,15,18H,5,7,9-12H2,1-2H3. The third-order valence-corrected chi connectivity index (χ3v) is 4.74. The lowest BCUT2D eigenvalue weighted by atomic mass is 9.87. The zero-order chi connectivity index (χ0) is 14.9. The van der Waals surface area contributed by atoms with Crippen molar-refractivity contribution in [1.29, 1.82) is 0 Å². The monoisotopic (exact) mass is 288 g/mol. The van der Waals surface area contributed by atoms with Gasteiger partial charge in [-0.05, 0) is 37.3 Å². The molecule has 1 aliphatic heterocycles. The van der Waals surface area contributed by atoms with Crippen molar-refractivity contribution in [3.05, 3.63) is 35.4 Å². The van der Waals surface area contributed by atoms with Crippen LogP contribution in [-0.4, -0.2) is 43.2 Å². The van der Waals surface area contributed by atoms with Gasteiger partial charge < -0.3 is 15.0 Å². The number of carbonyl (C=O) groups is 1. The van der Waals surface area contributed by atoms with Gasteiger partial charge in [-0.1, -0.05) is 24.3 Å². The van der Waals surface area contributed by atoms with E-state index in [0.717, 1.165) is 32.4 Å². The van der Waals surface area contributed by atoms with Gasteiger partial charge in [0.25, 0.3) is 0 Å². The van der Waals surface area contributed by atoms with Crippen LogP contribution in [0.25, 0.3) is 0 Å². The molecule has 4 nitrogen and oxygen atoms in total. The second-order valence-electron chi connectivity index (χ2n) is 6.45. The molecule has 0 saturated carbocycles. The largest absolute Gasteiger partial charge is 0.363 e. The first-order valence-corrected chi connectivity index (χ1v) is 7.77. The minimum Gasteiger partial charge on any atom is -0.363 e. The summed E-state index contributed by atoms with van der Waals surface area (Å²) in [6.45, 7) is 3.88. The molecule has 1 atom stereocenters. The fourth-order valence-electron chi connectivity index (χ4n) is 3.22. The molecule has 1 saturated heterocycles. The molecule has 1 aromatic rings. The van der Waals surface area contributed by atoms with E-state index < -0.39 is 0 Å². The van der Waals surface area contributed by atoms with Gasteiger partial charge in [-0.2, -0.15) is 0 Å². The average Bonchev–Trinajstić information content (AvgIpc) is 2.49. The number of hydrogen-bond acceptors (Lipinski definition) is 3. The van der Waals surface area contributed by atoms with E-state index in [2.05, 4.69) is 29.6 Å². The van der Waals surface area contributed by atoms with Crippen molar-refractivity contribution < 1.29 is 9.53 Å². The summed E-state index contributed by atoms with van der Waals surface area (Å²) in [6.07, 6.45) is 3.30. The van der Waals surface area contributed by atoms with Crippen molar-refractivity contribution in [2.24, 2.45) is 0 Å². The third-order valence-electron chi connectivity index (χ3n) is 4.74. The zero-order valence-corrected chi connectivity index (χ0v) is 12.9. The zero-order valence-electron chi connectivity index (χ0n) is 12.9. The van der Waals surface area contributed by atoms with Crippen LogP contribution in [0.1, 0.15) is 36.9 Å². The maximum Gasteiger partial charge on any atom is 0.248 e. The van der Waals surface area contributed by atoms with E-state index >= 15 is 0 Å². The smallest absolute Gasteiger partial charge is 0.248 e. The Morgan fingerprint density at radius 3 is 2.90 bits per heavy atom. The van der Waals surface area contributed by atoms with Crippen molar-refractivity contribution in [1.82, 2.24) is 10.2 Å². The highest BCUT2D eigenvalue weighted by Gasteiger charge is 2.34. The molecule has 1 amide bonds. The Hall–Kier alpha value is -1.39. The molecule has 1 aliphatic carbocycles. The quantitative estimate of drug-likeness (QED) is 0.920. The van der Waals surface area contributed by atoms with Crippen LogP contribution < -0.4 is 5.32 Å². The molecule has 1 aromatic carbocycles. The fraction of sp³-hybridized carbons (Fsp3) is 0.588. The van der Waals surface area contributed by atoms with Gasteiger partial charge in [0.15, 0.2) is 0 Å². The first kappa shape index (κ1) is 14.5. The minimum atomic E-state index is -0.166. The van der Waals surface area contributed by atoms with Crippen LogP contribution in [0.4, 0.5) is 0 Å². The van der Waals surface area contributed by atoms with Crippen LogP contribution in [-0.2, 0) is 16.0 Å². The molecule has 0 bridgehead atoms. The molecule has 114 valence electrons. The molecule has 0 radical (unpaired) electrons. The molecule has 0 aromatic heterocycles. The maximum absolute atomic E-state index is 12.4. The summed E-state index contributed by atoms with van der Waals surface area (Å²) in [4.78, 5) is 14.3. The van der Waals surface area contributed by atoms with Crippen LogP contribution in [0.5, 0.6) is 0 Å². The van der Waals surface area contributed by atoms with Crippen molar-refractivity contribution in [3.8, 4) is 0 Å². The molecule has 1 fully saturated rings. The van der Waals surface area contributed by atoms with Crippen molar-refractivity contribution in [3.63, 3.8) is 0 Å². The van der Waals surface area contributed by atoms with Crippen molar-refractivity contribution >= 4 is 5.91 Å². The first-order chi connectivity index (χ1) is 10.1. The van der Waals surface area contributed by atoms with Gasteiger partial charge in [0, 0.05) is 20.1 Å². The van der Waals surface area contributed by atoms with Gasteiger partial charge in [0.2, 0.25) is 5.91 Å². The highest BCUT2D eigenvalue weighted by molar-refractivity contribution is 5.77. The summed E-state index contributed by atoms with van der Waals surface area (Å²) < 4.78 is 5.77. The summed E-state index contributed by atoms with van der Waals surface area (Å²) in [7, 11) is 1.90. The van der Waals surface area contributed by atoms with E-state index in [1.807, 2.05) is 18.9 Å². The molecule has 21 heavy (non-hydrogen) atoms. The van der Waals surface area contributed by atoms with Gasteiger partial charge in [-0.3, -0.25) is 4.79 Å². The third kappa shape index (κ3) is 2.97. The second-order valence-corrected chi connectivity index (χ2v) is 6.45. The van der Waals surface area contributed by atoms with Gasteiger partial charge in [-0.15, -0.1) is 0 Å². The topological polar surface area (TPSA) is 41.6 Å². The number of nitrogens with zero attached hydrogens (tertiary/aromatic N) is 1. The van der Waals surface area contributed by atoms with E-state index in [0.29, 0.717) is 0 Å². The minimum absolute atomic E-state index is 0.0739. The van der Waals surface area contributed by atoms with E-state index in [-0.39, 0.29) is 24.2 Å². The number of benzene rings is 1. The summed E-state index contributed by atoms with van der Waals surface area (Å²) in [5, 5.41) is 3.18. The van der Waals surface area contributed by atoms with Crippen molar-refractivity contribution in [2.45, 2.75) is 37.8 Å². The molecule has 1 heterocycles. The Morgan fingerprint density at radius 1 is 1.43 bits per heavy atom.